The first-order valence-electron chi connectivity index (χ1n) is 6.76. The van der Waals surface area contributed by atoms with Gasteiger partial charge in [-0.15, -0.1) is 0 Å². The molecule has 0 spiro atoms. The Morgan fingerprint density at radius 3 is 2.80 bits per heavy atom. The van der Waals surface area contributed by atoms with Crippen molar-refractivity contribution >= 4 is 15.8 Å². The molecule has 1 aromatic rings. The minimum atomic E-state index is -3.60. The molecular weight excluding hydrogens is 280 g/mol. The molecule has 1 aliphatic rings. The minimum Gasteiger partial charge on any atom is -0.381 e. The zero-order valence-electron chi connectivity index (χ0n) is 12.1. The van der Waals surface area contributed by atoms with Crippen molar-refractivity contribution in [3.05, 3.63) is 6.20 Å². The second-order valence-corrected chi connectivity index (χ2v) is 7.04. The number of aromatic nitrogens is 2. The van der Waals surface area contributed by atoms with E-state index in [0.717, 1.165) is 6.42 Å². The number of hydrogen-bond acceptors (Lipinski definition) is 5. The molecule has 2 rings (SSSR count). The van der Waals surface area contributed by atoms with Gasteiger partial charge >= 0.3 is 0 Å². The minimum absolute atomic E-state index is 0.0550. The average molecular weight is 302 g/mol. The average Bonchev–Trinajstić information content (AvgIpc) is 2.81. The fourth-order valence-corrected chi connectivity index (χ4v) is 3.98. The lowest BCUT2D eigenvalue weighted by atomic mass is 9.97. The summed E-state index contributed by atoms with van der Waals surface area (Å²) < 4.78 is 33.6. The summed E-state index contributed by atoms with van der Waals surface area (Å²) in [5.41, 5.74) is 5.74. The maximum absolute atomic E-state index is 12.6. The van der Waals surface area contributed by atoms with Gasteiger partial charge in [-0.1, -0.05) is 6.92 Å². The quantitative estimate of drug-likeness (QED) is 0.876. The third kappa shape index (κ3) is 2.68. The number of nitrogens with zero attached hydrogens (tertiary/aromatic N) is 3. The van der Waals surface area contributed by atoms with Gasteiger partial charge in [0.15, 0.2) is 5.82 Å². The fourth-order valence-electron chi connectivity index (χ4n) is 2.45. The summed E-state index contributed by atoms with van der Waals surface area (Å²) in [4.78, 5) is 0.0868. The van der Waals surface area contributed by atoms with Gasteiger partial charge in [-0.25, -0.2) is 8.42 Å². The number of piperidine rings is 1. The molecule has 114 valence electrons. The molecule has 2 heterocycles. The molecule has 1 aromatic heterocycles. The first-order valence-corrected chi connectivity index (χ1v) is 8.20. The van der Waals surface area contributed by atoms with E-state index in [1.807, 2.05) is 6.92 Å². The first-order chi connectivity index (χ1) is 9.40. The monoisotopic (exact) mass is 302 g/mol. The molecule has 20 heavy (non-hydrogen) atoms. The van der Waals surface area contributed by atoms with Crippen molar-refractivity contribution < 1.29 is 13.2 Å². The number of ether oxygens (including phenoxy) is 1. The van der Waals surface area contributed by atoms with Crippen LogP contribution in [0.1, 0.15) is 20.3 Å². The first kappa shape index (κ1) is 15.3. The van der Waals surface area contributed by atoms with E-state index < -0.39 is 10.0 Å². The van der Waals surface area contributed by atoms with E-state index in [0.29, 0.717) is 25.6 Å². The molecule has 2 atom stereocenters. The summed E-state index contributed by atoms with van der Waals surface area (Å²) in [7, 11) is -1.99. The number of anilines is 1. The van der Waals surface area contributed by atoms with Gasteiger partial charge in [0.25, 0.3) is 0 Å². The molecule has 8 heteroatoms. The maximum Gasteiger partial charge on any atom is 0.248 e. The van der Waals surface area contributed by atoms with Crippen molar-refractivity contribution in [2.24, 2.45) is 5.92 Å². The fraction of sp³-hybridized carbons (Fsp3) is 0.750. The standard InChI is InChI=1S/C12H22N4O3S/c1-4-15-8-11(12(13)14-15)20(17,18)16-6-5-9(2)10(7-16)19-3/h8-10H,4-7H2,1-3H3,(H2,13,14). The predicted molar refractivity (Wildman–Crippen MR) is 75.7 cm³/mol. The highest BCUT2D eigenvalue weighted by Crippen LogP contribution is 2.27. The van der Waals surface area contributed by atoms with Gasteiger partial charge in [0, 0.05) is 32.9 Å². The van der Waals surface area contributed by atoms with Crippen LogP contribution in [0.5, 0.6) is 0 Å². The molecular formula is C12H22N4O3S. The Labute approximate surface area is 119 Å². The lowest BCUT2D eigenvalue weighted by Gasteiger charge is -2.35. The molecule has 2 unspecified atom stereocenters. The highest BCUT2D eigenvalue weighted by Gasteiger charge is 2.35. The zero-order valence-corrected chi connectivity index (χ0v) is 12.9. The van der Waals surface area contributed by atoms with Gasteiger partial charge in [-0.2, -0.15) is 9.40 Å². The third-order valence-electron chi connectivity index (χ3n) is 3.85. The van der Waals surface area contributed by atoms with Crippen LogP contribution in [-0.4, -0.2) is 48.8 Å². The molecule has 0 bridgehead atoms. The van der Waals surface area contributed by atoms with E-state index in [1.165, 1.54) is 15.2 Å². The van der Waals surface area contributed by atoms with Crippen LogP contribution in [0, 0.1) is 5.92 Å². The lowest BCUT2D eigenvalue weighted by molar-refractivity contribution is 0.0184. The van der Waals surface area contributed by atoms with Crippen LogP contribution < -0.4 is 5.73 Å². The van der Waals surface area contributed by atoms with Crippen molar-refractivity contribution in [1.82, 2.24) is 14.1 Å². The number of hydrogen-bond donors (Lipinski definition) is 1. The molecule has 7 nitrogen and oxygen atoms in total. The number of nitrogen functional groups attached to an aromatic ring is 1. The Balaban J connectivity index is 2.28. The Morgan fingerprint density at radius 2 is 2.25 bits per heavy atom. The van der Waals surface area contributed by atoms with Crippen molar-refractivity contribution in [3.63, 3.8) is 0 Å². The molecule has 0 amide bonds. The normalized spacial score (nSPS) is 24.9. The van der Waals surface area contributed by atoms with Gasteiger partial charge < -0.3 is 10.5 Å². The van der Waals surface area contributed by atoms with E-state index in [9.17, 15) is 8.42 Å². The van der Waals surface area contributed by atoms with Gasteiger partial charge in [0.05, 0.1) is 6.10 Å². The topological polar surface area (TPSA) is 90.5 Å². The van der Waals surface area contributed by atoms with Crippen molar-refractivity contribution in [2.75, 3.05) is 25.9 Å². The Hall–Kier alpha value is -1.12. The largest absolute Gasteiger partial charge is 0.381 e. The summed E-state index contributed by atoms with van der Waals surface area (Å²) >= 11 is 0. The van der Waals surface area contributed by atoms with Crippen LogP contribution in [0.15, 0.2) is 11.1 Å². The van der Waals surface area contributed by atoms with E-state index in [4.69, 9.17) is 10.5 Å². The molecule has 2 N–H and O–H groups in total. The maximum atomic E-state index is 12.6. The van der Waals surface area contributed by atoms with Crippen molar-refractivity contribution in [3.8, 4) is 0 Å². The summed E-state index contributed by atoms with van der Waals surface area (Å²) in [6.07, 6.45) is 2.19. The molecule has 0 aromatic carbocycles. The molecule has 0 radical (unpaired) electrons. The lowest BCUT2D eigenvalue weighted by Crippen LogP contribution is -2.46. The Kier molecular flexibility index (Phi) is 4.36. The number of sulfonamides is 1. The van der Waals surface area contributed by atoms with Crippen molar-refractivity contribution in [1.29, 1.82) is 0 Å². The smallest absolute Gasteiger partial charge is 0.248 e. The number of methoxy groups -OCH3 is 1. The van der Waals surface area contributed by atoms with E-state index >= 15 is 0 Å². The highest BCUT2D eigenvalue weighted by atomic mass is 32.2. The van der Waals surface area contributed by atoms with Crippen LogP contribution in [0.25, 0.3) is 0 Å². The molecule has 1 saturated heterocycles. The molecule has 0 saturated carbocycles. The summed E-state index contributed by atoms with van der Waals surface area (Å²) in [6, 6.07) is 0. The number of aryl methyl sites for hydroxylation is 1. The Bertz CT molecular complexity index is 569. The molecule has 0 aliphatic carbocycles. The van der Waals surface area contributed by atoms with Gasteiger partial charge in [-0.3, -0.25) is 4.68 Å². The number of rotatable bonds is 4. The van der Waals surface area contributed by atoms with Crippen LogP contribution in [-0.2, 0) is 21.3 Å². The molecule has 1 aliphatic heterocycles. The number of nitrogens with two attached hydrogens (primary N) is 1. The predicted octanol–water partition coefficient (Wildman–Crippen LogP) is 0.531. The van der Waals surface area contributed by atoms with Gasteiger partial charge in [0.1, 0.15) is 4.90 Å². The summed E-state index contributed by atoms with van der Waals surface area (Å²) in [5.74, 6) is 0.404. The van der Waals surface area contributed by atoms with Gasteiger partial charge in [-0.05, 0) is 19.3 Å². The summed E-state index contributed by atoms with van der Waals surface area (Å²) in [6.45, 7) is 5.38. The van der Waals surface area contributed by atoms with Crippen LogP contribution in [0.4, 0.5) is 5.82 Å². The second kappa shape index (κ2) is 5.71. The van der Waals surface area contributed by atoms with Crippen LogP contribution in [0.3, 0.4) is 0 Å². The third-order valence-corrected chi connectivity index (χ3v) is 5.73. The van der Waals surface area contributed by atoms with E-state index in [-0.39, 0.29) is 16.8 Å². The summed E-state index contributed by atoms with van der Waals surface area (Å²) in [5, 5.41) is 4.00. The zero-order chi connectivity index (χ0) is 14.9. The Morgan fingerprint density at radius 1 is 1.55 bits per heavy atom. The van der Waals surface area contributed by atoms with Crippen molar-refractivity contribution in [2.45, 2.75) is 37.8 Å². The van der Waals surface area contributed by atoms with Crippen LogP contribution in [0.2, 0.25) is 0 Å². The second-order valence-electron chi connectivity index (χ2n) is 5.14. The highest BCUT2D eigenvalue weighted by molar-refractivity contribution is 7.89. The van der Waals surface area contributed by atoms with Gasteiger partial charge in [0.2, 0.25) is 10.0 Å². The van der Waals surface area contributed by atoms with E-state index in [2.05, 4.69) is 12.0 Å². The van der Waals surface area contributed by atoms with E-state index in [1.54, 1.807) is 7.11 Å². The van der Waals surface area contributed by atoms with Crippen LogP contribution >= 0.6 is 0 Å². The molecule has 1 fully saturated rings. The SMILES string of the molecule is CCn1cc(S(=O)(=O)N2CCC(C)C(OC)C2)c(N)n1.